The molecule has 3 rings (SSSR count). The number of carbonyl (C=O) groups is 1. The average molecular weight is 302 g/mol. The molecule has 1 aromatic carbocycles. The summed E-state index contributed by atoms with van der Waals surface area (Å²) in [5, 5.41) is 14.6. The summed E-state index contributed by atoms with van der Waals surface area (Å²) in [5.41, 5.74) is 0.208. The van der Waals surface area contributed by atoms with Gasteiger partial charge in [-0.15, -0.1) is 11.3 Å². The van der Waals surface area contributed by atoms with E-state index in [4.69, 9.17) is 14.4 Å². The molecule has 21 heavy (non-hydrogen) atoms. The fraction of sp³-hybridized carbons (Fsp3) is 0.0714. The number of ether oxygens (including phenoxy) is 1. The molecule has 0 amide bonds. The first-order valence-corrected chi connectivity index (χ1v) is 6.93. The van der Waals surface area contributed by atoms with Crippen molar-refractivity contribution < 1.29 is 19.2 Å². The van der Waals surface area contributed by atoms with Gasteiger partial charge in [0, 0.05) is 0 Å². The highest BCUT2D eigenvalue weighted by Crippen LogP contribution is 2.21. The first-order chi connectivity index (χ1) is 10.2. The lowest BCUT2D eigenvalue weighted by molar-refractivity contribution is 0.0697. The molecule has 0 unspecified atom stereocenters. The highest BCUT2D eigenvalue weighted by Gasteiger charge is 2.10. The molecule has 0 saturated carbocycles. The standard InChI is InChI=1S/C14H10N2O4S/c17-14(18)9-3-5-10(6-4-9)19-8-12-15-13(16-20-12)11-2-1-7-21-11/h1-7H,8H2,(H,17,18). The Labute approximate surface area is 123 Å². The minimum Gasteiger partial charge on any atom is -0.484 e. The molecule has 0 saturated heterocycles. The van der Waals surface area contributed by atoms with Gasteiger partial charge in [0.05, 0.1) is 10.4 Å². The quantitative estimate of drug-likeness (QED) is 0.779. The lowest BCUT2D eigenvalue weighted by Crippen LogP contribution is -1.98. The Morgan fingerprint density at radius 1 is 1.29 bits per heavy atom. The van der Waals surface area contributed by atoms with Gasteiger partial charge in [-0.2, -0.15) is 4.98 Å². The number of aromatic carboxylic acids is 1. The number of rotatable bonds is 5. The largest absolute Gasteiger partial charge is 0.484 e. The normalized spacial score (nSPS) is 10.5. The monoisotopic (exact) mass is 302 g/mol. The number of thiophene rings is 1. The van der Waals surface area contributed by atoms with Gasteiger partial charge in [-0.3, -0.25) is 0 Å². The van der Waals surface area contributed by atoms with Crippen LogP contribution in [-0.4, -0.2) is 21.2 Å². The predicted octanol–water partition coefficient (Wildman–Crippen LogP) is 3.08. The molecule has 106 valence electrons. The zero-order valence-electron chi connectivity index (χ0n) is 10.7. The van der Waals surface area contributed by atoms with Crippen LogP contribution in [0.2, 0.25) is 0 Å². The maximum Gasteiger partial charge on any atom is 0.335 e. The summed E-state index contributed by atoms with van der Waals surface area (Å²) in [7, 11) is 0. The molecule has 0 aliphatic carbocycles. The molecule has 0 atom stereocenters. The van der Waals surface area contributed by atoms with Gasteiger partial charge in [-0.25, -0.2) is 4.79 Å². The van der Waals surface area contributed by atoms with Crippen LogP contribution in [0.25, 0.3) is 10.7 Å². The molecule has 0 fully saturated rings. The smallest absolute Gasteiger partial charge is 0.335 e. The first-order valence-electron chi connectivity index (χ1n) is 6.05. The van der Waals surface area contributed by atoms with Gasteiger partial charge >= 0.3 is 5.97 Å². The van der Waals surface area contributed by atoms with Crippen LogP contribution in [0.5, 0.6) is 5.75 Å². The minimum absolute atomic E-state index is 0.130. The second-order valence-electron chi connectivity index (χ2n) is 4.11. The van der Waals surface area contributed by atoms with E-state index in [9.17, 15) is 4.79 Å². The number of carboxylic acid groups (broad SMARTS) is 1. The van der Waals surface area contributed by atoms with Crippen LogP contribution in [0.1, 0.15) is 16.2 Å². The van der Waals surface area contributed by atoms with E-state index in [0.29, 0.717) is 17.5 Å². The Bertz CT molecular complexity index is 735. The van der Waals surface area contributed by atoms with Crippen molar-refractivity contribution in [2.45, 2.75) is 6.61 Å². The fourth-order valence-electron chi connectivity index (χ4n) is 1.66. The van der Waals surface area contributed by atoms with Crippen LogP contribution >= 0.6 is 11.3 Å². The summed E-state index contributed by atoms with van der Waals surface area (Å²) in [6, 6.07) is 9.94. The van der Waals surface area contributed by atoms with E-state index >= 15 is 0 Å². The highest BCUT2D eigenvalue weighted by atomic mass is 32.1. The number of benzene rings is 1. The number of hydrogen-bond acceptors (Lipinski definition) is 6. The topological polar surface area (TPSA) is 85.5 Å². The number of hydrogen-bond donors (Lipinski definition) is 1. The molecule has 0 radical (unpaired) electrons. The molecule has 2 heterocycles. The SMILES string of the molecule is O=C(O)c1ccc(OCc2nc(-c3cccs3)no2)cc1. The molecule has 3 aromatic rings. The Morgan fingerprint density at radius 2 is 2.10 bits per heavy atom. The van der Waals surface area contributed by atoms with Crippen molar-refractivity contribution in [1.29, 1.82) is 0 Å². The highest BCUT2D eigenvalue weighted by molar-refractivity contribution is 7.13. The van der Waals surface area contributed by atoms with Gasteiger partial charge in [0.1, 0.15) is 5.75 Å². The summed E-state index contributed by atoms with van der Waals surface area (Å²) in [5.74, 6) is 0.459. The number of nitrogens with zero attached hydrogens (tertiary/aromatic N) is 2. The van der Waals surface area contributed by atoms with E-state index in [2.05, 4.69) is 10.1 Å². The van der Waals surface area contributed by atoms with Gasteiger partial charge < -0.3 is 14.4 Å². The zero-order valence-corrected chi connectivity index (χ0v) is 11.5. The maximum absolute atomic E-state index is 10.7. The zero-order chi connectivity index (χ0) is 14.7. The molecule has 0 spiro atoms. The summed E-state index contributed by atoms with van der Waals surface area (Å²) in [6.07, 6.45) is 0. The van der Waals surface area contributed by atoms with Crippen LogP contribution < -0.4 is 4.74 Å². The van der Waals surface area contributed by atoms with Crippen molar-refractivity contribution in [2.24, 2.45) is 0 Å². The van der Waals surface area contributed by atoms with Gasteiger partial charge in [-0.1, -0.05) is 11.2 Å². The Kier molecular flexibility index (Phi) is 3.65. The van der Waals surface area contributed by atoms with E-state index < -0.39 is 5.97 Å². The molecule has 0 aliphatic heterocycles. The summed E-state index contributed by atoms with van der Waals surface area (Å²) >= 11 is 1.53. The third-order valence-electron chi connectivity index (χ3n) is 2.67. The molecule has 0 aliphatic rings. The Hall–Kier alpha value is -2.67. The van der Waals surface area contributed by atoms with Crippen LogP contribution in [0, 0.1) is 0 Å². The fourth-order valence-corrected chi connectivity index (χ4v) is 2.31. The van der Waals surface area contributed by atoms with Gasteiger partial charge in [-0.05, 0) is 35.7 Å². The second kappa shape index (κ2) is 5.76. The van der Waals surface area contributed by atoms with Crippen LogP contribution in [0.15, 0.2) is 46.3 Å². The van der Waals surface area contributed by atoms with Crippen molar-refractivity contribution in [3.05, 3.63) is 53.2 Å². The average Bonchev–Trinajstić information content (AvgIpc) is 3.16. The van der Waals surface area contributed by atoms with Crippen LogP contribution in [-0.2, 0) is 6.61 Å². The van der Waals surface area contributed by atoms with Crippen LogP contribution in [0.4, 0.5) is 0 Å². The lowest BCUT2D eigenvalue weighted by atomic mass is 10.2. The first kappa shape index (κ1) is 13.3. The van der Waals surface area contributed by atoms with Gasteiger partial charge in [0.2, 0.25) is 5.82 Å². The van der Waals surface area contributed by atoms with Gasteiger partial charge in [0.25, 0.3) is 5.89 Å². The second-order valence-corrected chi connectivity index (χ2v) is 5.05. The third-order valence-corrected chi connectivity index (χ3v) is 3.54. The molecule has 1 N–H and O–H groups in total. The predicted molar refractivity (Wildman–Crippen MR) is 75.3 cm³/mol. The Morgan fingerprint density at radius 3 is 2.76 bits per heavy atom. The van der Waals surface area contributed by atoms with Crippen molar-refractivity contribution in [3.63, 3.8) is 0 Å². The molecular formula is C14H10N2O4S. The van der Waals surface area contributed by atoms with Crippen molar-refractivity contribution in [3.8, 4) is 16.5 Å². The summed E-state index contributed by atoms with van der Waals surface area (Å²) < 4.78 is 10.6. The van der Waals surface area contributed by atoms with E-state index in [-0.39, 0.29) is 12.2 Å². The molecule has 7 heteroatoms. The molecular weight excluding hydrogens is 292 g/mol. The van der Waals surface area contributed by atoms with E-state index in [0.717, 1.165) is 4.88 Å². The molecule has 2 aromatic heterocycles. The van der Waals surface area contributed by atoms with Crippen molar-refractivity contribution in [1.82, 2.24) is 10.1 Å². The van der Waals surface area contributed by atoms with Crippen molar-refractivity contribution >= 4 is 17.3 Å². The maximum atomic E-state index is 10.7. The minimum atomic E-state index is -0.973. The molecule has 6 nitrogen and oxygen atoms in total. The van der Waals surface area contributed by atoms with Crippen molar-refractivity contribution in [2.75, 3.05) is 0 Å². The van der Waals surface area contributed by atoms with Crippen LogP contribution in [0.3, 0.4) is 0 Å². The van der Waals surface area contributed by atoms with Gasteiger partial charge in [0.15, 0.2) is 6.61 Å². The molecule has 0 bridgehead atoms. The number of aromatic nitrogens is 2. The van der Waals surface area contributed by atoms with E-state index in [1.165, 1.54) is 23.5 Å². The van der Waals surface area contributed by atoms with E-state index in [1.54, 1.807) is 12.1 Å². The Balaban J connectivity index is 1.64. The lowest BCUT2D eigenvalue weighted by Gasteiger charge is -2.02. The van der Waals surface area contributed by atoms with E-state index in [1.807, 2.05) is 17.5 Å². The summed E-state index contributed by atoms with van der Waals surface area (Å²) in [4.78, 5) is 15.9. The number of carboxylic acids is 1. The summed E-state index contributed by atoms with van der Waals surface area (Å²) in [6.45, 7) is 0.130. The third kappa shape index (κ3) is 3.09.